The van der Waals surface area contributed by atoms with Gasteiger partial charge in [-0.25, -0.2) is 0 Å². The largest absolute Gasteiger partial charge is 0.508 e. The molecule has 4 nitrogen and oxygen atoms in total. The number of phenols is 1. The summed E-state index contributed by atoms with van der Waals surface area (Å²) in [6.07, 6.45) is 0. The van der Waals surface area contributed by atoms with E-state index in [0.717, 1.165) is 18.0 Å². The Labute approximate surface area is 146 Å². The topological polar surface area (TPSA) is 66.6 Å². The molecule has 1 heterocycles. The Bertz CT molecular complexity index is 676. The first kappa shape index (κ1) is 16.9. The van der Waals surface area contributed by atoms with Crippen LogP contribution in [0.3, 0.4) is 0 Å². The fraction of sp³-hybridized carbons (Fsp3) is 0.316. The van der Waals surface area contributed by atoms with E-state index in [1.54, 1.807) is 12.1 Å². The first-order chi connectivity index (χ1) is 11.7. The Hall–Kier alpha value is -1.98. The summed E-state index contributed by atoms with van der Waals surface area (Å²) in [7, 11) is 0. The third-order valence-electron chi connectivity index (χ3n) is 4.52. The van der Waals surface area contributed by atoms with Gasteiger partial charge in [-0.3, -0.25) is 4.79 Å². The maximum absolute atomic E-state index is 12.5. The number of phenolic OH excluding ortho intramolecular Hbond substituents is 1. The van der Waals surface area contributed by atoms with Gasteiger partial charge in [0.1, 0.15) is 5.75 Å². The molecule has 2 atom stereocenters. The molecule has 0 unspecified atom stereocenters. The molecule has 5 heteroatoms. The minimum atomic E-state index is 0.143. The molecule has 1 fully saturated rings. The van der Waals surface area contributed by atoms with E-state index in [0.29, 0.717) is 24.1 Å². The number of hydrogen-bond acceptors (Lipinski definition) is 4. The number of benzene rings is 2. The molecular weight excluding hydrogens is 320 g/mol. The average Bonchev–Trinajstić information content (AvgIpc) is 3.06. The van der Waals surface area contributed by atoms with E-state index in [1.807, 2.05) is 35.2 Å². The van der Waals surface area contributed by atoms with Gasteiger partial charge in [0.2, 0.25) is 5.91 Å². The molecule has 0 saturated carbocycles. The van der Waals surface area contributed by atoms with Gasteiger partial charge in [-0.15, -0.1) is 11.8 Å². The van der Waals surface area contributed by atoms with Gasteiger partial charge in [-0.1, -0.05) is 30.3 Å². The van der Waals surface area contributed by atoms with Gasteiger partial charge in [0, 0.05) is 23.9 Å². The molecule has 126 valence electrons. The van der Waals surface area contributed by atoms with Crippen molar-refractivity contribution in [1.29, 1.82) is 0 Å². The molecule has 3 N–H and O–H groups in total. The van der Waals surface area contributed by atoms with Gasteiger partial charge in [-0.05, 0) is 42.3 Å². The lowest BCUT2D eigenvalue weighted by Crippen LogP contribution is -2.31. The van der Waals surface area contributed by atoms with Gasteiger partial charge >= 0.3 is 0 Å². The van der Waals surface area contributed by atoms with E-state index < -0.39 is 0 Å². The summed E-state index contributed by atoms with van der Waals surface area (Å²) in [6, 6.07) is 17.2. The van der Waals surface area contributed by atoms with E-state index in [2.05, 4.69) is 12.1 Å². The van der Waals surface area contributed by atoms with Gasteiger partial charge in [0.05, 0.1) is 5.75 Å². The van der Waals surface area contributed by atoms with Crippen molar-refractivity contribution in [2.45, 2.75) is 10.8 Å². The second-order valence-electron chi connectivity index (χ2n) is 6.09. The van der Waals surface area contributed by atoms with Crippen LogP contribution in [0.4, 0.5) is 0 Å². The number of carbonyl (C=O) groups is 1. The van der Waals surface area contributed by atoms with Crippen LogP contribution in [-0.2, 0) is 4.79 Å². The third-order valence-corrected chi connectivity index (χ3v) is 5.52. The monoisotopic (exact) mass is 342 g/mol. The molecular formula is C19H22N2O2S. The fourth-order valence-corrected chi connectivity index (χ4v) is 3.97. The predicted octanol–water partition coefficient (Wildman–Crippen LogP) is 2.69. The molecule has 1 amide bonds. The standard InChI is InChI=1S/C19H22N2O2S/c20-10-15-11-21(12-18(15)14-4-2-1-3-5-14)19(23)13-24-17-8-6-16(22)7-9-17/h1-9,15,18,22H,10-13,20H2/t15-,18+/m1/s1. The van der Waals surface area contributed by atoms with Crippen LogP contribution in [0, 0.1) is 5.92 Å². The zero-order valence-corrected chi connectivity index (χ0v) is 14.3. The minimum Gasteiger partial charge on any atom is -0.508 e. The molecule has 1 aliphatic rings. The number of rotatable bonds is 5. The van der Waals surface area contributed by atoms with Crippen LogP contribution in [0.25, 0.3) is 0 Å². The second-order valence-corrected chi connectivity index (χ2v) is 7.14. The van der Waals surface area contributed by atoms with Crippen LogP contribution in [0.1, 0.15) is 11.5 Å². The van der Waals surface area contributed by atoms with Gasteiger partial charge in [0.15, 0.2) is 0 Å². The molecule has 3 rings (SSSR count). The van der Waals surface area contributed by atoms with Crippen molar-refractivity contribution >= 4 is 17.7 Å². The lowest BCUT2D eigenvalue weighted by molar-refractivity contribution is -0.127. The number of amides is 1. The van der Waals surface area contributed by atoms with E-state index in [-0.39, 0.29) is 11.7 Å². The van der Waals surface area contributed by atoms with Crippen LogP contribution >= 0.6 is 11.8 Å². The second kappa shape index (κ2) is 7.73. The summed E-state index contributed by atoms with van der Waals surface area (Å²) < 4.78 is 0. The Morgan fingerprint density at radius 2 is 1.83 bits per heavy atom. The lowest BCUT2D eigenvalue weighted by atomic mass is 9.89. The van der Waals surface area contributed by atoms with E-state index in [4.69, 9.17) is 5.73 Å². The molecule has 2 aromatic rings. The van der Waals surface area contributed by atoms with E-state index in [9.17, 15) is 9.90 Å². The van der Waals surface area contributed by atoms with Crippen molar-refractivity contribution in [2.75, 3.05) is 25.4 Å². The zero-order chi connectivity index (χ0) is 16.9. The lowest BCUT2D eigenvalue weighted by Gasteiger charge is -2.16. The highest BCUT2D eigenvalue weighted by Crippen LogP contribution is 2.32. The summed E-state index contributed by atoms with van der Waals surface area (Å²) in [4.78, 5) is 15.5. The number of likely N-dealkylation sites (tertiary alicyclic amines) is 1. The number of hydrogen-bond donors (Lipinski definition) is 2. The zero-order valence-electron chi connectivity index (χ0n) is 13.5. The molecule has 0 bridgehead atoms. The first-order valence-corrected chi connectivity index (χ1v) is 9.10. The predicted molar refractivity (Wildman–Crippen MR) is 97.1 cm³/mol. The molecule has 0 aliphatic carbocycles. The highest BCUT2D eigenvalue weighted by Gasteiger charge is 2.34. The molecule has 1 saturated heterocycles. The van der Waals surface area contributed by atoms with Gasteiger partial charge in [-0.2, -0.15) is 0 Å². The Morgan fingerprint density at radius 1 is 1.12 bits per heavy atom. The average molecular weight is 342 g/mol. The van der Waals surface area contributed by atoms with Crippen LogP contribution in [0.5, 0.6) is 5.75 Å². The van der Waals surface area contributed by atoms with E-state index in [1.165, 1.54) is 17.3 Å². The number of aromatic hydroxyl groups is 1. The molecule has 0 radical (unpaired) electrons. The maximum atomic E-state index is 12.5. The Morgan fingerprint density at radius 3 is 2.50 bits per heavy atom. The van der Waals surface area contributed by atoms with Crippen molar-refractivity contribution in [3.05, 3.63) is 60.2 Å². The number of nitrogens with two attached hydrogens (primary N) is 1. The summed E-state index contributed by atoms with van der Waals surface area (Å²) in [5.41, 5.74) is 7.19. The van der Waals surface area contributed by atoms with Crippen LogP contribution in [0.2, 0.25) is 0 Å². The van der Waals surface area contributed by atoms with Crippen molar-refractivity contribution in [1.82, 2.24) is 4.90 Å². The smallest absolute Gasteiger partial charge is 0.232 e. The normalized spacial score (nSPS) is 20.3. The van der Waals surface area contributed by atoms with Crippen molar-refractivity contribution in [2.24, 2.45) is 11.7 Å². The quantitative estimate of drug-likeness (QED) is 0.820. The molecule has 24 heavy (non-hydrogen) atoms. The minimum absolute atomic E-state index is 0.143. The number of carbonyl (C=O) groups excluding carboxylic acids is 1. The summed E-state index contributed by atoms with van der Waals surface area (Å²) >= 11 is 1.50. The van der Waals surface area contributed by atoms with Crippen LogP contribution in [0.15, 0.2) is 59.5 Å². The van der Waals surface area contributed by atoms with Crippen molar-refractivity contribution in [3.8, 4) is 5.75 Å². The molecule has 0 spiro atoms. The number of nitrogens with zero attached hydrogens (tertiary/aromatic N) is 1. The van der Waals surface area contributed by atoms with Crippen molar-refractivity contribution in [3.63, 3.8) is 0 Å². The maximum Gasteiger partial charge on any atom is 0.232 e. The first-order valence-electron chi connectivity index (χ1n) is 8.12. The summed E-state index contributed by atoms with van der Waals surface area (Å²) in [6.45, 7) is 2.06. The van der Waals surface area contributed by atoms with E-state index >= 15 is 0 Å². The third kappa shape index (κ3) is 3.91. The summed E-state index contributed by atoms with van der Waals surface area (Å²) in [5.74, 6) is 1.42. The van der Waals surface area contributed by atoms with Crippen LogP contribution < -0.4 is 5.73 Å². The Kier molecular flexibility index (Phi) is 5.43. The highest BCUT2D eigenvalue weighted by molar-refractivity contribution is 8.00. The van der Waals surface area contributed by atoms with Gasteiger partial charge < -0.3 is 15.7 Å². The molecule has 0 aromatic heterocycles. The Balaban J connectivity index is 1.60. The van der Waals surface area contributed by atoms with Gasteiger partial charge in [0.25, 0.3) is 0 Å². The fourth-order valence-electron chi connectivity index (χ4n) is 3.17. The van der Waals surface area contributed by atoms with Crippen LogP contribution in [-0.4, -0.2) is 41.3 Å². The molecule has 1 aliphatic heterocycles. The highest BCUT2D eigenvalue weighted by atomic mass is 32.2. The SMILES string of the molecule is NC[C@@H]1CN(C(=O)CSc2ccc(O)cc2)C[C@H]1c1ccccc1. The number of thioether (sulfide) groups is 1. The van der Waals surface area contributed by atoms with Crippen molar-refractivity contribution < 1.29 is 9.90 Å². The molecule has 2 aromatic carbocycles. The summed E-state index contributed by atoms with van der Waals surface area (Å²) in [5, 5.41) is 9.30.